The molecule has 0 bridgehead atoms. The second-order valence-electron chi connectivity index (χ2n) is 4.10. The van der Waals surface area contributed by atoms with Crippen molar-refractivity contribution in [3.05, 3.63) is 69.7 Å². The van der Waals surface area contributed by atoms with E-state index in [2.05, 4.69) is 52.3 Å². The molecule has 2 N–H and O–H groups in total. The van der Waals surface area contributed by atoms with Crippen LogP contribution >= 0.6 is 15.9 Å². The molecular formula is C15H16BrN. The topological polar surface area (TPSA) is 26.0 Å². The Hall–Kier alpha value is -1.12. The summed E-state index contributed by atoms with van der Waals surface area (Å²) in [5.41, 5.74) is 9.70. The highest BCUT2D eigenvalue weighted by molar-refractivity contribution is 9.10. The van der Waals surface area contributed by atoms with Gasteiger partial charge in [-0.15, -0.1) is 0 Å². The average Bonchev–Trinajstić information content (AvgIpc) is 2.38. The van der Waals surface area contributed by atoms with Crippen LogP contribution in [0.1, 0.15) is 16.7 Å². The Morgan fingerprint density at radius 3 is 2.35 bits per heavy atom. The summed E-state index contributed by atoms with van der Waals surface area (Å²) in [6, 6.07) is 16.9. The number of benzene rings is 2. The fourth-order valence-electron chi connectivity index (χ4n) is 1.95. The molecule has 2 aromatic rings. The summed E-state index contributed by atoms with van der Waals surface area (Å²) in [5, 5.41) is 0. The van der Waals surface area contributed by atoms with Gasteiger partial charge in [0.05, 0.1) is 0 Å². The molecule has 0 heterocycles. The molecule has 1 nitrogen and oxygen atoms in total. The van der Waals surface area contributed by atoms with Crippen LogP contribution in [0.4, 0.5) is 0 Å². The minimum Gasteiger partial charge on any atom is -0.326 e. The molecule has 2 aromatic carbocycles. The molecule has 0 aliphatic carbocycles. The maximum atomic E-state index is 5.75. The zero-order valence-electron chi connectivity index (χ0n) is 9.70. The Kier molecular flexibility index (Phi) is 4.35. The van der Waals surface area contributed by atoms with E-state index in [9.17, 15) is 0 Å². The number of nitrogens with two attached hydrogens (primary N) is 1. The molecule has 0 atom stereocenters. The number of aryl methyl sites for hydroxylation is 2. The van der Waals surface area contributed by atoms with Crippen molar-refractivity contribution in [3.63, 3.8) is 0 Å². The van der Waals surface area contributed by atoms with Gasteiger partial charge in [-0.05, 0) is 41.7 Å². The Labute approximate surface area is 111 Å². The van der Waals surface area contributed by atoms with Crippen LogP contribution in [0.5, 0.6) is 0 Å². The van der Waals surface area contributed by atoms with Crippen LogP contribution in [0, 0.1) is 0 Å². The molecule has 0 amide bonds. The predicted octanol–water partition coefficient (Wildman–Crippen LogP) is 3.69. The van der Waals surface area contributed by atoms with E-state index in [1.165, 1.54) is 16.7 Å². The van der Waals surface area contributed by atoms with Gasteiger partial charge in [0, 0.05) is 11.0 Å². The van der Waals surface area contributed by atoms with Crippen molar-refractivity contribution >= 4 is 15.9 Å². The first kappa shape index (κ1) is 12.3. The van der Waals surface area contributed by atoms with Crippen LogP contribution in [-0.2, 0) is 19.4 Å². The third-order valence-corrected chi connectivity index (χ3v) is 3.41. The normalized spacial score (nSPS) is 10.5. The van der Waals surface area contributed by atoms with E-state index < -0.39 is 0 Å². The highest BCUT2D eigenvalue weighted by Gasteiger charge is 2.02. The van der Waals surface area contributed by atoms with Crippen LogP contribution in [0.3, 0.4) is 0 Å². The predicted molar refractivity (Wildman–Crippen MR) is 75.9 cm³/mol. The minimum atomic E-state index is 0.609. The Morgan fingerprint density at radius 2 is 1.65 bits per heavy atom. The quantitative estimate of drug-likeness (QED) is 0.913. The smallest absolute Gasteiger partial charge is 0.0180 e. The summed E-state index contributed by atoms with van der Waals surface area (Å²) in [4.78, 5) is 0. The molecule has 88 valence electrons. The summed E-state index contributed by atoms with van der Waals surface area (Å²) < 4.78 is 1.12. The van der Waals surface area contributed by atoms with Gasteiger partial charge in [-0.3, -0.25) is 0 Å². The molecule has 0 saturated carbocycles. The number of hydrogen-bond donors (Lipinski definition) is 1. The summed E-state index contributed by atoms with van der Waals surface area (Å²) in [6.07, 6.45) is 2.10. The first-order valence-electron chi connectivity index (χ1n) is 5.81. The maximum absolute atomic E-state index is 5.75. The minimum absolute atomic E-state index is 0.609. The van der Waals surface area contributed by atoms with E-state index in [0.717, 1.165) is 17.3 Å². The van der Waals surface area contributed by atoms with Gasteiger partial charge < -0.3 is 5.73 Å². The number of hydrogen-bond acceptors (Lipinski definition) is 1. The lowest BCUT2D eigenvalue weighted by Crippen LogP contribution is -2.02. The van der Waals surface area contributed by atoms with Crippen molar-refractivity contribution in [3.8, 4) is 0 Å². The second kappa shape index (κ2) is 5.99. The number of rotatable bonds is 4. The third kappa shape index (κ3) is 3.42. The molecule has 0 unspecified atom stereocenters. The molecule has 17 heavy (non-hydrogen) atoms. The summed E-state index contributed by atoms with van der Waals surface area (Å²) in [5.74, 6) is 0. The van der Waals surface area contributed by atoms with Gasteiger partial charge in [-0.2, -0.15) is 0 Å². The van der Waals surface area contributed by atoms with Crippen LogP contribution in [0.25, 0.3) is 0 Å². The molecule has 2 rings (SSSR count). The van der Waals surface area contributed by atoms with Crippen LogP contribution in [-0.4, -0.2) is 0 Å². The van der Waals surface area contributed by atoms with E-state index >= 15 is 0 Å². The third-order valence-electron chi connectivity index (χ3n) is 2.91. The first-order valence-corrected chi connectivity index (χ1v) is 6.60. The SMILES string of the molecule is NCc1ccc(Br)cc1CCc1ccccc1. The zero-order chi connectivity index (χ0) is 12.1. The van der Waals surface area contributed by atoms with Gasteiger partial charge in [0.1, 0.15) is 0 Å². The second-order valence-corrected chi connectivity index (χ2v) is 5.02. The van der Waals surface area contributed by atoms with Crippen molar-refractivity contribution in [2.24, 2.45) is 5.73 Å². The molecule has 2 heteroatoms. The highest BCUT2D eigenvalue weighted by atomic mass is 79.9. The molecule has 0 radical (unpaired) electrons. The van der Waals surface area contributed by atoms with Gasteiger partial charge in [-0.1, -0.05) is 52.3 Å². The summed E-state index contributed by atoms with van der Waals surface area (Å²) >= 11 is 3.51. The van der Waals surface area contributed by atoms with Gasteiger partial charge in [-0.25, -0.2) is 0 Å². The average molecular weight is 290 g/mol. The monoisotopic (exact) mass is 289 g/mol. The molecular weight excluding hydrogens is 274 g/mol. The Morgan fingerprint density at radius 1 is 0.882 bits per heavy atom. The molecule has 0 spiro atoms. The summed E-state index contributed by atoms with van der Waals surface area (Å²) in [7, 11) is 0. The Balaban J connectivity index is 2.11. The fourth-order valence-corrected chi connectivity index (χ4v) is 2.36. The maximum Gasteiger partial charge on any atom is 0.0180 e. The van der Waals surface area contributed by atoms with Crippen LogP contribution < -0.4 is 5.73 Å². The van der Waals surface area contributed by atoms with E-state index in [-0.39, 0.29) is 0 Å². The first-order chi connectivity index (χ1) is 8.29. The Bertz CT molecular complexity index is 480. The van der Waals surface area contributed by atoms with Crippen molar-refractivity contribution in [2.45, 2.75) is 19.4 Å². The van der Waals surface area contributed by atoms with Gasteiger partial charge in [0.2, 0.25) is 0 Å². The van der Waals surface area contributed by atoms with Gasteiger partial charge in [0.25, 0.3) is 0 Å². The van der Waals surface area contributed by atoms with Crippen molar-refractivity contribution in [1.82, 2.24) is 0 Å². The molecule has 0 aliphatic rings. The fraction of sp³-hybridized carbons (Fsp3) is 0.200. The van der Waals surface area contributed by atoms with E-state index in [1.807, 2.05) is 12.1 Å². The van der Waals surface area contributed by atoms with E-state index in [0.29, 0.717) is 6.54 Å². The van der Waals surface area contributed by atoms with Crippen LogP contribution in [0.2, 0.25) is 0 Å². The lowest BCUT2D eigenvalue weighted by Gasteiger charge is -2.08. The standard InChI is InChI=1S/C15H16BrN/c16-15-9-8-14(11-17)13(10-15)7-6-12-4-2-1-3-5-12/h1-5,8-10H,6-7,11,17H2. The van der Waals surface area contributed by atoms with Crippen molar-refractivity contribution in [2.75, 3.05) is 0 Å². The van der Waals surface area contributed by atoms with Gasteiger partial charge in [0.15, 0.2) is 0 Å². The molecule has 0 aliphatic heterocycles. The zero-order valence-corrected chi connectivity index (χ0v) is 11.3. The van der Waals surface area contributed by atoms with Crippen molar-refractivity contribution in [1.29, 1.82) is 0 Å². The lowest BCUT2D eigenvalue weighted by atomic mass is 10.00. The largest absolute Gasteiger partial charge is 0.326 e. The summed E-state index contributed by atoms with van der Waals surface area (Å²) in [6.45, 7) is 0.609. The molecule has 0 saturated heterocycles. The van der Waals surface area contributed by atoms with E-state index in [1.54, 1.807) is 0 Å². The van der Waals surface area contributed by atoms with Crippen molar-refractivity contribution < 1.29 is 0 Å². The molecule has 0 aromatic heterocycles. The van der Waals surface area contributed by atoms with Crippen LogP contribution in [0.15, 0.2) is 53.0 Å². The lowest BCUT2D eigenvalue weighted by molar-refractivity contribution is 0.920. The highest BCUT2D eigenvalue weighted by Crippen LogP contribution is 2.18. The number of halogens is 1. The molecule has 0 fully saturated rings. The van der Waals surface area contributed by atoms with E-state index in [4.69, 9.17) is 5.73 Å². The van der Waals surface area contributed by atoms with Gasteiger partial charge >= 0.3 is 0 Å².